The number of hydrogen-bond acceptors (Lipinski definition) is 5. The molecule has 0 unspecified atom stereocenters. The van der Waals surface area contributed by atoms with E-state index in [1.807, 2.05) is 25.1 Å². The quantitative estimate of drug-likeness (QED) is 0.574. The largest absolute Gasteiger partial charge is 0.497 e. The monoisotopic (exact) mass is 313 g/mol. The van der Waals surface area contributed by atoms with Crippen molar-refractivity contribution < 1.29 is 14.4 Å². The molecule has 0 spiro atoms. The predicted octanol–water partition coefficient (Wildman–Crippen LogP) is 3.62. The third-order valence-corrected chi connectivity index (χ3v) is 3.43. The number of nitro groups is 1. The van der Waals surface area contributed by atoms with Gasteiger partial charge in [-0.1, -0.05) is 6.07 Å². The highest BCUT2D eigenvalue weighted by Crippen LogP contribution is 2.26. The first-order valence-electron chi connectivity index (χ1n) is 7.01. The third-order valence-electron chi connectivity index (χ3n) is 3.43. The number of non-ortho nitro benzene ring substituents is 1. The number of ether oxygens (including phenoxy) is 2. The Morgan fingerprint density at radius 3 is 2.74 bits per heavy atom. The van der Waals surface area contributed by atoms with E-state index in [9.17, 15) is 10.1 Å². The number of benzene rings is 2. The average molecular weight is 313 g/mol. The van der Waals surface area contributed by atoms with Crippen molar-refractivity contribution in [1.29, 1.82) is 0 Å². The fourth-order valence-corrected chi connectivity index (χ4v) is 2.26. The second kappa shape index (κ2) is 5.96. The lowest BCUT2D eigenvalue weighted by atomic mass is 10.3. The van der Waals surface area contributed by atoms with Gasteiger partial charge in [0, 0.05) is 18.2 Å². The van der Waals surface area contributed by atoms with E-state index in [1.165, 1.54) is 12.1 Å². The molecule has 3 aromatic rings. The first-order chi connectivity index (χ1) is 11.1. The zero-order valence-corrected chi connectivity index (χ0v) is 12.6. The van der Waals surface area contributed by atoms with Gasteiger partial charge in [0.25, 0.3) is 5.69 Å². The highest BCUT2D eigenvalue weighted by Gasteiger charge is 2.15. The predicted molar refractivity (Wildman–Crippen MR) is 84.8 cm³/mol. The number of aromatic nitrogens is 2. The molecule has 0 saturated carbocycles. The molecule has 0 bridgehead atoms. The number of hydrogen-bond donors (Lipinski definition) is 1. The summed E-state index contributed by atoms with van der Waals surface area (Å²) in [5.41, 5.74) is 1.29. The van der Waals surface area contributed by atoms with E-state index in [1.54, 1.807) is 19.2 Å². The lowest BCUT2D eigenvalue weighted by molar-refractivity contribution is -0.384. The highest BCUT2D eigenvalue weighted by molar-refractivity contribution is 5.77. The van der Waals surface area contributed by atoms with E-state index in [0.717, 1.165) is 0 Å². The van der Waals surface area contributed by atoms with Gasteiger partial charge >= 0.3 is 0 Å². The van der Waals surface area contributed by atoms with Gasteiger partial charge in [0.05, 0.1) is 23.1 Å². The minimum absolute atomic E-state index is 0.0223. The second-order valence-corrected chi connectivity index (χ2v) is 5.02. The second-order valence-electron chi connectivity index (χ2n) is 5.02. The number of fused-ring (bicyclic) bond motifs is 1. The van der Waals surface area contributed by atoms with Gasteiger partial charge in [0.15, 0.2) is 6.10 Å². The zero-order chi connectivity index (χ0) is 16.4. The summed E-state index contributed by atoms with van der Waals surface area (Å²) in [5.74, 6) is 1.96. The summed E-state index contributed by atoms with van der Waals surface area (Å²) in [6, 6.07) is 11.8. The normalized spacial score (nSPS) is 12.1. The molecule has 1 aromatic heterocycles. The molecular formula is C16H15N3O4. The van der Waals surface area contributed by atoms with Crippen LogP contribution in [0.1, 0.15) is 18.9 Å². The Morgan fingerprint density at radius 2 is 2.00 bits per heavy atom. The van der Waals surface area contributed by atoms with Crippen molar-refractivity contribution in [2.75, 3.05) is 7.11 Å². The number of methoxy groups -OCH3 is 1. The Balaban J connectivity index is 1.85. The lowest BCUT2D eigenvalue weighted by Crippen LogP contribution is -2.05. The van der Waals surface area contributed by atoms with Crippen molar-refractivity contribution in [2.24, 2.45) is 0 Å². The van der Waals surface area contributed by atoms with Crippen molar-refractivity contribution in [3.05, 3.63) is 58.4 Å². The van der Waals surface area contributed by atoms with Crippen molar-refractivity contribution >= 4 is 16.7 Å². The van der Waals surface area contributed by atoms with Crippen molar-refractivity contribution in [3.8, 4) is 11.5 Å². The number of rotatable bonds is 5. The van der Waals surface area contributed by atoms with Crippen LogP contribution in [-0.4, -0.2) is 22.0 Å². The van der Waals surface area contributed by atoms with Crippen molar-refractivity contribution in [2.45, 2.75) is 13.0 Å². The fraction of sp³-hybridized carbons (Fsp3) is 0.188. The van der Waals surface area contributed by atoms with Gasteiger partial charge in [0.2, 0.25) is 0 Å². The molecular weight excluding hydrogens is 298 g/mol. The van der Waals surface area contributed by atoms with Gasteiger partial charge in [-0.05, 0) is 25.1 Å². The van der Waals surface area contributed by atoms with Crippen LogP contribution in [0.15, 0.2) is 42.5 Å². The van der Waals surface area contributed by atoms with Crippen molar-refractivity contribution in [3.63, 3.8) is 0 Å². The number of imidazole rings is 1. The smallest absolute Gasteiger partial charge is 0.271 e. The molecule has 0 amide bonds. The Hall–Kier alpha value is -3.09. The molecule has 0 radical (unpaired) electrons. The molecule has 7 nitrogen and oxygen atoms in total. The number of H-pyrrole nitrogens is 1. The summed E-state index contributed by atoms with van der Waals surface area (Å²) < 4.78 is 11.0. The molecule has 1 atom stereocenters. The first kappa shape index (κ1) is 14.8. The summed E-state index contributed by atoms with van der Waals surface area (Å²) in [6.45, 7) is 1.85. The van der Waals surface area contributed by atoms with E-state index in [2.05, 4.69) is 9.97 Å². The van der Waals surface area contributed by atoms with Crippen LogP contribution in [-0.2, 0) is 0 Å². The summed E-state index contributed by atoms with van der Waals surface area (Å²) in [6.07, 6.45) is -0.339. The van der Waals surface area contributed by atoms with Crippen LogP contribution in [0.3, 0.4) is 0 Å². The van der Waals surface area contributed by atoms with E-state index in [4.69, 9.17) is 9.47 Å². The molecule has 118 valence electrons. The van der Waals surface area contributed by atoms with Gasteiger partial charge in [-0.3, -0.25) is 10.1 Å². The van der Waals surface area contributed by atoms with E-state index >= 15 is 0 Å². The maximum atomic E-state index is 10.8. The maximum absolute atomic E-state index is 10.8. The number of aromatic amines is 1. The Bertz CT molecular complexity index is 859. The first-order valence-corrected chi connectivity index (χ1v) is 7.01. The van der Waals surface area contributed by atoms with Crippen LogP contribution in [0.5, 0.6) is 11.5 Å². The van der Waals surface area contributed by atoms with Crippen LogP contribution in [0.2, 0.25) is 0 Å². The summed E-state index contributed by atoms with van der Waals surface area (Å²) in [4.78, 5) is 17.9. The van der Waals surface area contributed by atoms with Crippen LogP contribution in [0.4, 0.5) is 5.69 Å². The van der Waals surface area contributed by atoms with E-state index in [-0.39, 0.29) is 11.8 Å². The average Bonchev–Trinajstić information content (AvgIpc) is 2.98. The highest BCUT2D eigenvalue weighted by atomic mass is 16.6. The van der Waals surface area contributed by atoms with Gasteiger partial charge in [0.1, 0.15) is 17.3 Å². The summed E-state index contributed by atoms with van der Waals surface area (Å²) >= 11 is 0. The topological polar surface area (TPSA) is 90.3 Å². The maximum Gasteiger partial charge on any atom is 0.271 e. The molecule has 0 aliphatic carbocycles. The molecule has 1 heterocycles. The van der Waals surface area contributed by atoms with Crippen LogP contribution in [0.25, 0.3) is 11.0 Å². The van der Waals surface area contributed by atoms with Gasteiger partial charge in [-0.25, -0.2) is 4.98 Å². The number of nitrogens with zero attached hydrogens (tertiary/aromatic N) is 2. The Morgan fingerprint density at radius 1 is 1.22 bits per heavy atom. The third kappa shape index (κ3) is 3.08. The van der Waals surface area contributed by atoms with Gasteiger partial charge in [-0.2, -0.15) is 0 Å². The summed E-state index contributed by atoms with van der Waals surface area (Å²) in [5, 5.41) is 10.8. The van der Waals surface area contributed by atoms with Gasteiger partial charge < -0.3 is 14.5 Å². The minimum atomic E-state index is -0.434. The number of nitro benzene ring substituents is 1. The van der Waals surface area contributed by atoms with E-state index < -0.39 is 4.92 Å². The molecule has 0 aliphatic heterocycles. The Labute approximate surface area is 132 Å². The molecule has 0 aliphatic rings. The van der Waals surface area contributed by atoms with Crippen LogP contribution in [0, 0.1) is 10.1 Å². The molecule has 23 heavy (non-hydrogen) atoms. The van der Waals surface area contributed by atoms with Crippen LogP contribution < -0.4 is 9.47 Å². The minimum Gasteiger partial charge on any atom is -0.497 e. The molecule has 2 aromatic carbocycles. The van der Waals surface area contributed by atoms with Crippen LogP contribution >= 0.6 is 0 Å². The summed E-state index contributed by atoms with van der Waals surface area (Å²) in [7, 11) is 1.59. The fourth-order valence-electron chi connectivity index (χ4n) is 2.26. The molecule has 1 N–H and O–H groups in total. The SMILES string of the molecule is COc1cccc(O[C@@H](C)c2nc3ccc([N+](=O)[O-])cc3[nH]2)c1. The molecule has 7 heteroatoms. The van der Waals surface area contributed by atoms with Gasteiger partial charge in [-0.15, -0.1) is 0 Å². The molecule has 0 fully saturated rings. The Kier molecular flexibility index (Phi) is 3.84. The zero-order valence-electron chi connectivity index (χ0n) is 12.6. The lowest BCUT2D eigenvalue weighted by Gasteiger charge is -2.13. The van der Waals surface area contributed by atoms with Crippen molar-refractivity contribution in [1.82, 2.24) is 9.97 Å². The molecule has 0 saturated heterocycles. The van der Waals surface area contributed by atoms with E-state index in [0.29, 0.717) is 28.4 Å². The standard InChI is InChI=1S/C16H15N3O4/c1-10(23-13-5-3-4-12(9-13)22-2)16-17-14-7-6-11(19(20)21)8-15(14)18-16/h3-10H,1-2H3,(H,17,18)/t10-/m0/s1. The molecule has 3 rings (SSSR count). The number of nitrogens with one attached hydrogen (secondary N) is 1.